The molecule has 1 saturated heterocycles. The number of nitro groups is 1. The maximum atomic E-state index is 12.5. The molecule has 2 rings (SSSR count). The van der Waals surface area contributed by atoms with Gasteiger partial charge in [-0.1, -0.05) is 17.7 Å². The normalized spacial score (nSPS) is 17.7. The quantitative estimate of drug-likeness (QED) is 0.619. The van der Waals surface area contributed by atoms with Crippen LogP contribution in [-0.4, -0.2) is 42.0 Å². The first kappa shape index (κ1) is 15.7. The van der Waals surface area contributed by atoms with E-state index in [0.717, 1.165) is 6.42 Å². The number of hydrogen-bond acceptors (Lipinski definition) is 4. The van der Waals surface area contributed by atoms with Crippen LogP contribution in [0.1, 0.15) is 23.7 Å². The number of nitrogens with zero attached hydrogens (tertiary/aromatic N) is 2. The molecule has 1 aliphatic rings. The summed E-state index contributed by atoms with van der Waals surface area (Å²) in [7, 11) is 0. The van der Waals surface area contributed by atoms with Gasteiger partial charge >= 0.3 is 0 Å². The first-order valence-electron chi connectivity index (χ1n) is 6.84. The summed E-state index contributed by atoms with van der Waals surface area (Å²) in [6.45, 7) is 4.34. The molecule has 1 heterocycles. The van der Waals surface area contributed by atoms with Crippen molar-refractivity contribution in [2.45, 2.75) is 13.3 Å². The lowest BCUT2D eigenvalue weighted by atomic mass is 10.1. The second-order valence-electron chi connectivity index (χ2n) is 4.97. The van der Waals surface area contributed by atoms with Crippen LogP contribution in [0.2, 0.25) is 5.02 Å². The third kappa shape index (κ3) is 3.51. The van der Waals surface area contributed by atoms with Crippen LogP contribution in [0.4, 0.5) is 5.69 Å². The fourth-order valence-electron chi connectivity index (χ4n) is 2.39. The first-order valence-corrected chi connectivity index (χ1v) is 7.22. The van der Waals surface area contributed by atoms with E-state index in [1.807, 2.05) is 6.92 Å². The van der Waals surface area contributed by atoms with Gasteiger partial charge in [0.05, 0.1) is 17.1 Å². The molecule has 21 heavy (non-hydrogen) atoms. The topological polar surface area (TPSA) is 72.7 Å². The average molecular weight is 313 g/mol. The van der Waals surface area contributed by atoms with Gasteiger partial charge in [0.25, 0.3) is 11.6 Å². The highest BCUT2D eigenvalue weighted by molar-refractivity contribution is 6.35. The molecular formula is C14H17ClN2O4. The number of ether oxygens (including phenoxy) is 1. The van der Waals surface area contributed by atoms with Crippen molar-refractivity contribution in [3.8, 4) is 0 Å². The van der Waals surface area contributed by atoms with Crippen molar-refractivity contribution in [3.63, 3.8) is 0 Å². The largest absolute Gasteiger partial charge is 0.381 e. The van der Waals surface area contributed by atoms with Gasteiger partial charge in [-0.2, -0.15) is 0 Å². The lowest BCUT2D eigenvalue weighted by Gasteiger charge is -2.24. The zero-order chi connectivity index (χ0) is 15.4. The van der Waals surface area contributed by atoms with Crippen LogP contribution < -0.4 is 0 Å². The second kappa shape index (κ2) is 6.87. The minimum absolute atomic E-state index is 0.103. The molecule has 1 aromatic rings. The molecule has 0 aromatic heterocycles. The van der Waals surface area contributed by atoms with Gasteiger partial charge in [0.2, 0.25) is 0 Å². The van der Waals surface area contributed by atoms with E-state index in [9.17, 15) is 14.9 Å². The van der Waals surface area contributed by atoms with Crippen LogP contribution in [0.25, 0.3) is 0 Å². The van der Waals surface area contributed by atoms with Crippen molar-refractivity contribution < 1.29 is 14.5 Å². The predicted molar refractivity (Wildman–Crippen MR) is 78.6 cm³/mol. The number of rotatable bonds is 5. The number of halogens is 1. The molecule has 1 aliphatic heterocycles. The van der Waals surface area contributed by atoms with E-state index in [1.165, 1.54) is 18.2 Å². The lowest BCUT2D eigenvalue weighted by Crippen LogP contribution is -2.35. The van der Waals surface area contributed by atoms with E-state index in [0.29, 0.717) is 32.2 Å². The highest BCUT2D eigenvalue weighted by Gasteiger charge is 2.26. The monoisotopic (exact) mass is 312 g/mol. The van der Waals surface area contributed by atoms with Crippen molar-refractivity contribution in [3.05, 3.63) is 38.9 Å². The maximum Gasteiger partial charge on any atom is 0.288 e. The van der Waals surface area contributed by atoms with Gasteiger partial charge in [-0.15, -0.1) is 0 Å². The van der Waals surface area contributed by atoms with Crippen LogP contribution >= 0.6 is 11.6 Å². The highest BCUT2D eigenvalue weighted by Crippen LogP contribution is 2.29. The third-order valence-electron chi connectivity index (χ3n) is 3.58. The van der Waals surface area contributed by atoms with Crippen molar-refractivity contribution in [2.75, 3.05) is 26.3 Å². The molecule has 0 bridgehead atoms. The Labute approximate surface area is 127 Å². The number of amides is 1. The summed E-state index contributed by atoms with van der Waals surface area (Å²) in [6.07, 6.45) is 0.923. The summed E-state index contributed by atoms with van der Waals surface area (Å²) < 4.78 is 5.31. The Hall–Kier alpha value is -1.66. The highest BCUT2D eigenvalue weighted by atomic mass is 35.5. The van der Waals surface area contributed by atoms with Gasteiger partial charge in [-0.3, -0.25) is 14.9 Å². The smallest absolute Gasteiger partial charge is 0.288 e. The standard InChI is InChI=1S/C14H17ClN2O4/c1-2-16(8-10-6-7-21-9-10)14(18)11-4-3-5-12(13(11)15)17(19)20/h3-5,10H,2,6-9H2,1H3. The number of benzene rings is 1. The molecule has 114 valence electrons. The van der Waals surface area contributed by atoms with Crippen LogP contribution in [0, 0.1) is 16.0 Å². The van der Waals surface area contributed by atoms with Crippen LogP contribution in [0.5, 0.6) is 0 Å². The SMILES string of the molecule is CCN(CC1CCOC1)C(=O)c1cccc([N+](=O)[O-])c1Cl. The fourth-order valence-corrected chi connectivity index (χ4v) is 2.67. The Morgan fingerprint density at radius 2 is 2.33 bits per heavy atom. The molecular weight excluding hydrogens is 296 g/mol. The van der Waals surface area contributed by atoms with Gasteiger partial charge in [0.1, 0.15) is 5.02 Å². The minimum atomic E-state index is -0.583. The molecule has 7 heteroatoms. The van der Waals surface area contributed by atoms with Gasteiger partial charge < -0.3 is 9.64 Å². The molecule has 1 amide bonds. The summed E-state index contributed by atoms with van der Waals surface area (Å²) in [5.74, 6) is 0.0319. The van der Waals surface area contributed by atoms with Crippen molar-refractivity contribution >= 4 is 23.2 Å². The van der Waals surface area contributed by atoms with Crippen LogP contribution in [0.15, 0.2) is 18.2 Å². The molecule has 0 radical (unpaired) electrons. The van der Waals surface area contributed by atoms with Gasteiger partial charge in [0.15, 0.2) is 0 Å². The predicted octanol–water partition coefficient (Wildman–Crippen LogP) is 2.75. The van der Waals surface area contributed by atoms with Crippen LogP contribution in [0.3, 0.4) is 0 Å². The molecule has 1 fully saturated rings. The summed E-state index contributed by atoms with van der Waals surface area (Å²) in [6, 6.07) is 4.29. The Bertz CT molecular complexity index is 544. The average Bonchev–Trinajstić information content (AvgIpc) is 2.97. The van der Waals surface area contributed by atoms with E-state index in [1.54, 1.807) is 4.90 Å². The third-order valence-corrected chi connectivity index (χ3v) is 3.97. The summed E-state index contributed by atoms with van der Waals surface area (Å²) >= 11 is 6.00. The van der Waals surface area contributed by atoms with Crippen molar-refractivity contribution in [2.24, 2.45) is 5.92 Å². The van der Waals surface area contributed by atoms with Crippen molar-refractivity contribution in [1.82, 2.24) is 4.90 Å². The maximum absolute atomic E-state index is 12.5. The summed E-state index contributed by atoms with van der Waals surface area (Å²) in [5.41, 5.74) is -0.0746. The molecule has 0 N–H and O–H groups in total. The number of carbonyl (C=O) groups is 1. The number of carbonyl (C=O) groups excluding carboxylic acids is 1. The van der Waals surface area contributed by atoms with E-state index >= 15 is 0 Å². The molecule has 1 aromatic carbocycles. The second-order valence-corrected chi connectivity index (χ2v) is 5.35. The van der Waals surface area contributed by atoms with E-state index < -0.39 is 4.92 Å². The Morgan fingerprint density at radius 3 is 2.90 bits per heavy atom. The fraction of sp³-hybridized carbons (Fsp3) is 0.500. The van der Waals surface area contributed by atoms with E-state index in [2.05, 4.69) is 0 Å². The zero-order valence-electron chi connectivity index (χ0n) is 11.8. The zero-order valence-corrected chi connectivity index (χ0v) is 12.5. The lowest BCUT2D eigenvalue weighted by molar-refractivity contribution is -0.384. The number of nitro benzene ring substituents is 1. The molecule has 0 aliphatic carbocycles. The minimum Gasteiger partial charge on any atom is -0.381 e. The Kier molecular flexibility index (Phi) is 5.14. The Morgan fingerprint density at radius 1 is 1.57 bits per heavy atom. The molecule has 0 saturated carbocycles. The first-order chi connectivity index (χ1) is 10.0. The molecule has 1 atom stereocenters. The van der Waals surface area contributed by atoms with Crippen molar-refractivity contribution in [1.29, 1.82) is 0 Å². The van der Waals surface area contributed by atoms with Gasteiger partial charge in [0, 0.05) is 31.7 Å². The van der Waals surface area contributed by atoms with Gasteiger partial charge in [-0.05, 0) is 19.4 Å². The summed E-state index contributed by atoms with van der Waals surface area (Å²) in [4.78, 5) is 24.5. The van der Waals surface area contributed by atoms with Gasteiger partial charge in [-0.25, -0.2) is 0 Å². The Balaban J connectivity index is 2.20. The number of hydrogen-bond donors (Lipinski definition) is 0. The molecule has 1 unspecified atom stereocenters. The van der Waals surface area contributed by atoms with E-state index in [-0.39, 0.29) is 22.2 Å². The molecule has 0 spiro atoms. The molecule has 6 nitrogen and oxygen atoms in total. The van der Waals surface area contributed by atoms with Crippen LogP contribution in [-0.2, 0) is 4.74 Å². The summed E-state index contributed by atoms with van der Waals surface area (Å²) in [5, 5.41) is 10.8. The van der Waals surface area contributed by atoms with E-state index in [4.69, 9.17) is 16.3 Å².